The number of hydrogen-bond donors (Lipinski definition) is 4. The van der Waals surface area contributed by atoms with E-state index in [2.05, 4.69) is 21.3 Å². The molecule has 0 aliphatic rings. The lowest BCUT2D eigenvalue weighted by atomic mass is 10.2. The maximum absolute atomic E-state index is 11.7. The highest BCUT2D eigenvalue weighted by Gasteiger charge is 2.04. The highest BCUT2D eigenvalue weighted by atomic mass is 16.5. The number of carbonyl (C=O) groups excluding carboxylic acids is 4. The predicted octanol–water partition coefficient (Wildman–Crippen LogP) is 2.41. The molecule has 0 bridgehead atoms. The molecule has 0 heterocycles. The van der Waals surface area contributed by atoms with Crippen molar-refractivity contribution >= 4 is 24.0 Å². The molecule has 10 nitrogen and oxygen atoms in total. The maximum Gasteiger partial charge on any atom is 0.331 e. The third-order valence-electron chi connectivity index (χ3n) is 4.65. The second-order valence-corrected chi connectivity index (χ2v) is 7.57. The Morgan fingerprint density at radius 2 is 0.972 bits per heavy atom. The molecule has 0 aliphatic heterocycles. The van der Waals surface area contributed by atoms with Crippen LogP contribution < -0.4 is 21.3 Å². The number of carbonyl (C=O) groups is 4. The molecule has 36 heavy (non-hydrogen) atoms. The minimum atomic E-state index is -0.683. The van der Waals surface area contributed by atoms with Crippen LogP contribution in [0.2, 0.25) is 0 Å². The van der Waals surface area contributed by atoms with Gasteiger partial charge < -0.3 is 30.7 Å². The van der Waals surface area contributed by atoms with Crippen molar-refractivity contribution in [3.05, 3.63) is 83.9 Å². The SMILES string of the molecule is O=C(NCCCOC(=O)/C=C/C(=O)OCCCNC(=O)NCc1ccccc1)NCc1ccccc1. The Bertz CT molecular complexity index is 903. The van der Waals surface area contributed by atoms with Crippen LogP contribution in [-0.2, 0) is 32.2 Å². The molecule has 4 N–H and O–H groups in total. The van der Waals surface area contributed by atoms with Gasteiger partial charge in [0.15, 0.2) is 0 Å². The van der Waals surface area contributed by atoms with Crippen LogP contribution in [0.5, 0.6) is 0 Å². The lowest BCUT2D eigenvalue weighted by Crippen LogP contribution is -2.35. The molecule has 0 radical (unpaired) electrons. The first-order chi connectivity index (χ1) is 17.5. The first-order valence-electron chi connectivity index (χ1n) is 11.7. The first-order valence-corrected chi connectivity index (χ1v) is 11.7. The number of hydrogen-bond acceptors (Lipinski definition) is 6. The van der Waals surface area contributed by atoms with Crippen molar-refractivity contribution in [2.45, 2.75) is 25.9 Å². The van der Waals surface area contributed by atoms with E-state index in [0.29, 0.717) is 39.0 Å². The van der Waals surface area contributed by atoms with E-state index in [0.717, 1.165) is 23.3 Å². The summed E-state index contributed by atoms with van der Waals surface area (Å²) in [5.41, 5.74) is 1.98. The number of urea groups is 2. The summed E-state index contributed by atoms with van der Waals surface area (Å²) < 4.78 is 9.94. The fourth-order valence-electron chi connectivity index (χ4n) is 2.81. The summed E-state index contributed by atoms with van der Waals surface area (Å²) in [6.45, 7) is 1.69. The Morgan fingerprint density at radius 1 is 0.583 bits per heavy atom. The van der Waals surface area contributed by atoms with Crippen molar-refractivity contribution in [2.75, 3.05) is 26.3 Å². The summed E-state index contributed by atoms with van der Waals surface area (Å²) in [6, 6.07) is 18.4. The molecule has 0 fully saturated rings. The van der Waals surface area contributed by atoms with Crippen molar-refractivity contribution < 1.29 is 28.7 Å². The number of rotatable bonds is 14. The Kier molecular flexibility index (Phi) is 13.3. The molecule has 0 spiro atoms. The zero-order valence-corrected chi connectivity index (χ0v) is 20.0. The summed E-state index contributed by atoms with van der Waals surface area (Å²) in [4.78, 5) is 46.7. The van der Waals surface area contributed by atoms with Crippen LogP contribution >= 0.6 is 0 Å². The van der Waals surface area contributed by atoms with Crippen molar-refractivity contribution in [2.24, 2.45) is 0 Å². The summed E-state index contributed by atoms with van der Waals surface area (Å²) in [6.07, 6.45) is 2.82. The van der Waals surface area contributed by atoms with Gasteiger partial charge in [-0.25, -0.2) is 19.2 Å². The minimum absolute atomic E-state index is 0.0925. The van der Waals surface area contributed by atoms with Gasteiger partial charge in [-0.1, -0.05) is 60.7 Å². The largest absolute Gasteiger partial charge is 0.462 e. The van der Waals surface area contributed by atoms with Crippen LogP contribution in [0.4, 0.5) is 9.59 Å². The monoisotopic (exact) mass is 496 g/mol. The molecule has 2 rings (SSSR count). The van der Waals surface area contributed by atoms with Gasteiger partial charge in [0, 0.05) is 38.3 Å². The third-order valence-corrected chi connectivity index (χ3v) is 4.65. The normalized spacial score (nSPS) is 10.3. The summed E-state index contributed by atoms with van der Waals surface area (Å²) in [5.74, 6) is -1.37. The molecule has 10 heteroatoms. The van der Waals surface area contributed by atoms with Gasteiger partial charge in [-0.3, -0.25) is 0 Å². The molecule has 192 valence electrons. The lowest BCUT2D eigenvalue weighted by Gasteiger charge is -2.08. The van der Waals surface area contributed by atoms with Gasteiger partial charge >= 0.3 is 24.0 Å². The first kappa shape index (κ1) is 27.9. The van der Waals surface area contributed by atoms with Gasteiger partial charge in [0.1, 0.15) is 0 Å². The van der Waals surface area contributed by atoms with E-state index in [-0.39, 0.29) is 25.3 Å². The zero-order chi connectivity index (χ0) is 25.8. The third kappa shape index (κ3) is 13.4. The van der Waals surface area contributed by atoms with Crippen LogP contribution in [0, 0.1) is 0 Å². The average Bonchev–Trinajstić information content (AvgIpc) is 2.90. The fourth-order valence-corrected chi connectivity index (χ4v) is 2.81. The van der Waals surface area contributed by atoms with Gasteiger partial charge in [0.05, 0.1) is 13.2 Å². The molecule has 4 amide bonds. The van der Waals surface area contributed by atoms with E-state index in [1.807, 2.05) is 60.7 Å². The number of amides is 4. The van der Waals surface area contributed by atoms with Gasteiger partial charge in [-0.15, -0.1) is 0 Å². The van der Waals surface area contributed by atoms with Crippen LogP contribution in [0.1, 0.15) is 24.0 Å². The topological polar surface area (TPSA) is 135 Å². The van der Waals surface area contributed by atoms with E-state index in [4.69, 9.17) is 9.47 Å². The summed E-state index contributed by atoms with van der Waals surface area (Å²) >= 11 is 0. The molecule has 2 aromatic rings. The molecule has 0 aromatic heterocycles. The van der Waals surface area contributed by atoms with Crippen molar-refractivity contribution in [1.82, 2.24) is 21.3 Å². The predicted molar refractivity (Wildman–Crippen MR) is 134 cm³/mol. The number of ether oxygens (including phenoxy) is 2. The van der Waals surface area contributed by atoms with Crippen LogP contribution in [-0.4, -0.2) is 50.3 Å². The average molecular weight is 497 g/mol. The standard InChI is InChI=1S/C26H32N4O6/c31-23(35-17-7-15-27-25(33)29-19-21-9-3-1-4-10-21)13-14-24(32)36-18-8-16-28-26(34)30-20-22-11-5-2-6-12-22/h1-6,9-14H,7-8,15-20H2,(H2,27,29,33)(H2,28,30,34)/b14-13+. The smallest absolute Gasteiger partial charge is 0.331 e. The number of esters is 2. The van der Waals surface area contributed by atoms with E-state index in [1.54, 1.807) is 0 Å². The lowest BCUT2D eigenvalue weighted by molar-refractivity contribution is -0.140. The number of benzene rings is 2. The Balaban J connectivity index is 1.43. The van der Waals surface area contributed by atoms with Crippen molar-refractivity contribution in [3.63, 3.8) is 0 Å². The molecular weight excluding hydrogens is 464 g/mol. The highest BCUT2D eigenvalue weighted by molar-refractivity contribution is 5.91. The van der Waals surface area contributed by atoms with Crippen LogP contribution in [0.3, 0.4) is 0 Å². The van der Waals surface area contributed by atoms with Crippen molar-refractivity contribution in [3.8, 4) is 0 Å². The molecule has 0 unspecified atom stereocenters. The Hall–Kier alpha value is -4.34. The zero-order valence-electron chi connectivity index (χ0n) is 20.0. The van der Waals surface area contributed by atoms with Gasteiger partial charge in [-0.05, 0) is 24.0 Å². The Morgan fingerprint density at radius 3 is 1.36 bits per heavy atom. The molecule has 0 saturated carbocycles. The summed E-state index contributed by atoms with van der Waals surface area (Å²) in [7, 11) is 0. The molecule has 0 saturated heterocycles. The second-order valence-electron chi connectivity index (χ2n) is 7.57. The molecular formula is C26H32N4O6. The van der Waals surface area contributed by atoms with Gasteiger partial charge in [0.2, 0.25) is 0 Å². The second kappa shape index (κ2) is 17.1. The van der Waals surface area contributed by atoms with E-state index >= 15 is 0 Å². The number of nitrogens with one attached hydrogen (secondary N) is 4. The van der Waals surface area contributed by atoms with Crippen LogP contribution in [0.15, 0.2) is 72.8 Å². The van der Waals surface area contributed by atoms with Crippen LogP contribution in [0.25, 0.3) is 0 Å². The maximum atomic E-state index is 11.7. The highest BCUT2D eigenvalue weighted by Crippen LogP contribution is 1.98. The van der Waals surface area contributed by atoms with Gasteiger partial charge in [0.25, 0.3) is 0 Å². The molecule has 0 atom stereocenters. The molecule has 2 aromatic carbocycles. The Labute approximate surface area is 210 Å². The minimum Gasteiger partial charge on any atom is -0.462 e. The van der Waals surface area contributed by atoms with E-state index in [1.165, 1.54) is 0 Å². The van der Waals surface area contributed by atoms with E-state index in [9.17, 15) is 19.2 Å². The van der Waals surface area contributed by atoms with Gasteiger partial charge in [-0.2, -0.15) is 0 Å². The molecule has 0 aliphatic carbocycles. The quantitative estimate of drug-likeness (QED) is 0.180. The van der Waals surface area contributed by atoms with E-state index < -0.39 is 11.9 Å². The van der Waals surface area contributed by atoms with Crippen molar-refractivity contribution in [1.29, 1.82) is 0 Å². The summed E-state index contributed by atoms with van der Waals surface area (Å²) in [5, 5.41) is 10.8. The fraction of sp³-hybridized carbons (Fsp3) is 0.308.